The summed E-state index contributed by atoms with van der Waals surface area (Å²) in [6.07, 6.45) is -0.422. The molecule has 0 aromatic carbocycles. The van der Waals surface area contributed by atoms with E-state index in [0.29, 0.717) is 38.7 Å². The Kier molecular flexibility index (Phi) is 3.90. The van der Waals surface area contributed by atoms with E-state index in [-0.39, 0.29) is 24.2 Å². The van der Waals surface area contributed by atoms with Crippen molar-refractivity contribution in [3.63, 3.8) is 0 Å². The Labute approximate surface area is 133 Å². The monoisotopic (exact) mass is 332 g/mol. The number of carboxylic acids is 1. The highest BCUT2D eigenvalue weighted by molar-refractivity contribution is 5.78. The van der Waals surface area contributed by atoms with Gasteiger partial charge in [0.1, 0.15) is 0 Å². The molecule has 0 amide bonds. The maximum Gasteiger partial charge on any atom is 0.456 e. The largest absolute Gasteiger partial charge is 0.475 e. The lowest BCUT2D eigenvalue weighted by Crippen LogP contribution is -2.61. The second-order valence-corrected chi connectivity index (χ2v) is 7.48. The minimum Gasteiger partial charge on any atom is -0.475 e. The summed E-state index contributed by atoms with van der Waals surface area (Å²) in [5.41, 5.74) is -2.01. The van der Waals surface area contributed by atoms with Gasteiger partial charge >= 0.3 is 18.0 Å². The van der Waals surface area contributed by atoms with Crippen molar-refractivity contribution in [2.45, 2.75) is 63.6 Å². The number of halogens is 2. The number of carbonyl (C=O) groups is 2. The van der Waals surface area contributed by atoms with Gasteiger partial charge in [-0.05, 0) is 56.8 Å². The Morgan fingerprint density at radius 1 is 1.22 bits per heavy atom. The van der Waals surface area contributed by atoms with E-state index in [0.717, 1.165) is 6.42 Å². The molecule has 4 aliphatic rings. The quantitative estimate of drug-likeness (QED) is 0.757. The van der Waals surface area contributed by atoms with Crippen LogP contribution in [0.5, 0.6) is 0 Å². The smallest absolute Gasteiger partial charge is 0.456 e. The fourth-order valence-corrected chi connectivity index (χ4v) is 5.20. The van der Waals surface area contributed by atoms with Gasteiger partial charge in [0.15, 0.2) is 0 Å². The molecule has 5 nitrogen and oxygen atoms in total. The predicted octanol–water partition coefficient (Wildman–Crippen LogP) is 2.97. The van der Waals surface area contributed by atoms with Gasteiger partial charge < -0.3 is 14.6 Å². The van der Waals surface area contributed by atoms with Crippen LogP contribution >= 0.6 is 0 Å². The Morgan fingerprint density at radius 3 is 2.35 bits per heavy atom. The SMILES string of the molecule is CCCOC(=O)C12CC3CC(CC(OC(F)(F)C(=O)O)(C3)C1)C2. The summed E-state index contributed by atoms with van der Waals surface area (Å²) in [5.74, 6) is -2.37. The van der Waals surface area contributed by atoms with Crippen LogP contribution in [0.3, 0.4) is 0 Å². The van der Waals surface area contributed by atoms with Crippen LogP contribution in [0.2, 0.25) is 0 Å². The van der Waals surface area contributed by atoms with Crippen molar-refractivity contribution in [2.24, 2.45) is 17.3 Å². The topological polar surface area (TPSA) is 72.8 Å². The van der Waals surface area contributed by atoms with E-state index >= 15 is 0 Å². The highest BCUT2D eigenvalue weighted by Crippen LogP contribution is 2.63. The molecule has 4 saturated carbocycles. The average Bonchev–Trinajstić information content (AvgIpc) is 2.41. The number of carbonyl (C=O) groups excluding carboxylic acids is 1. The third-order valence-electron chi connectivity index (χ3n) is 5.47. The second-order valence-electron chi connectivity index (χ2n) is 7.48. The summed E-state index contributed by atoms with van der Waals surface area (Å²) in [6, 6.07) is 0. The molecule has 0 saturated heterocycles. The molecular weight excluding hydrogens is 310 g/mol. The summed E-state index contributed by atoms with van der Waals surface area (Å²) in [4.78, 5) is 23.2. The third kappa shape index (κ3) is 2.84. The number of hydrogen-bond donors (Lipinski definition) is 1. The fraction of sp³-hybridized carbons (Fsp3) is 0.875. The van der Waals surface area contributed by atoms with Crippen LogP contribution < -0.4 is 0 Å². The molecule has 4 fully saturated rings. The van der Waals surface area contributed by atoms with Gasteiger partial charge in [0.25, 0.3) is 0 Å². The molecule has 0 spiro atoms. The number of aliphatic carboxylic acids is 1. The zero-order valence-electron chi connectivity index (χ0n) is 13.1. The van der Waals surface area contributed by atoms with Crippen molar-refractivity contribution in [3.05, 3.63) is 0 Å². The molecule has 1 N–H and O–H groups in total. The predicted molar refractivity (Wildman–Crippen MR) is 74.8 cm³/mol. The minimum absolute atomic E-state index is 0.120. The van der Waals surface area contributed by atoms with Gasteiger partial charge in [-0.1, -0.05) is 6.92 Å². The van der Waals surface area contributed by atoms with Crippen LogP contribution in [0.15, 0.2) is 0 Å². The molecule has 130 valence electrons. The van der Waals surface area contributed by atoms with Crippen molar-refractivity contribution in [1.29, 1.82) is 0 Å². The van der Waals surface area contributed by atoms with Gasteiger partial charge in [-0.25, -0.2) is 4.79 Å². The molecule has 4 rings (SSSR count). The van der Waals surface area contributed by atoms with Crippen molar-refractivity contribution in [3.8, 4) is 0 Å². The van der Waals surface area contributed by atoms with E-state index in [2.05, 4.69) is 0 Å². The Bertz CT molecular complexity index is 505. The number of ether oxygens (including phenoxy) is 2. The molecule has 23 heavy (non-hydrogen) atoms. The molecule has 0 aromatic rings. The number of esters is 1. The van der Waals surface area contributed by atoms with Crippen LogP contribution in [0.1, 0.15) is 51.9 Å². The fourth-order valence-electron chi connectivity index (χ4n) is 5.20. The lowest BCUT2D eigenvalue weighted by atomic mass is 9.48. The first kappa shape index (κ1) is 16.6. The van der Waals surface area contributed by atoms with Crippen molar-refractivity contribution < 1.29 is 33.0 Å². The van der Waals surface area contributed by atoms with Gasteiger partial charge in [0.05, 0.1) is 17.6 Å². The van der Waals surface area contributed by atoms with E-state index in [9.17, 15) is 18.4 Å². The normalized spacial score (nSPS) is 38.6. The zero-order valence-corrected chi connectivity index (χ0v) is 13.1. The van der Waals surface area contributed by atoms with Crippen molar-refractivity contribution >= 4 is 11.9 Å². The second kappa shape index (κ2) is 5.40. The van der Waals surface area contributed by atoms with Crippen LogP contribution in [0.4, 0.5) is 8.78 Å². The third-order valence-corrected chi connectivity index (χ3v) is 5.47. The van der Waals surface area contributed by atoms with Gasteiger partial charge in [0.2, 0.25) is 0 Å². The van der Waals surface area contributed by atoms with E-state index in [1.165, 1.54) is 0 Å². The van der Waals surface area contributed by atoms with Crippen molar-refractivity contribution in [1.82, 2.24) is 0 Å². The highest BCUT2D eigenvalue weighted by Gasteiger charge is 2.64. The minimum atomic E-state index is -4.22. The van der Waals surface area contributed by atoms with E-state index in [1.54, 1.807) is 0 Å². The zero-order chi connectivity index (χ0) is 16.9. The molecule has 4 aliphatic carbocycles. The molecule has 0 aromatic heterocycles. The first-order valence-corrected chi connectivity index (χ1v) is 8.19. The Hall–Kier alpha value is -1.24. The summed E-state index contributed by atoms with van der Waals surface area (Å²) in [6.45, 7) is 2.21. The maximum atomic E-state index is 13.6. The molecule has 4 bridgehead atoms. The standard InChI is InChI=1S/C16H22F2O5/c1-2-3-22-13(21)14-5-10-4-11(6-14)8-15(7-10,9-14)23-16(17,18)12(19)20/h10-11H,2-9H2,1H3,(H,19,20). The summed E-state index contributed by atoms with van der Waals surface area (Å²) in [7, 11) is 0. The average molecular weight is 332 g/mol. The Morgan fingerprint density at radius 2 is 1.83 bits per heavy atom. The molecule has 0 aliphatic heterocycles. The molecule has 7 heteroatoms. The summed E-state index contributed by atoms with van der Waals surface area (Å²) >= 11 is 0. The van der Waals surface area contributed by atoms with Gasteiger partial charge in [-0.3, -0.25) is 4.79 Å². The van der Waals surface area contributed by atoms with Crippen LogP contribution in [0, 0.1) is 17.3 Å². The first-order chi connectivity index (χ1) is 10.7. The van der Waals surface area contributed by atoms with Crippen LogP contribution in [-0.4, -0.2) is 35.4 Å². The van der Waals surface area contributed by atoms with E-state index in [4.69, 9.17) is 14.6 Å². The lowest BCUT2D eigenvalue weighted by molar-refractivity contribution is -0.321. The molecular formula is C16H22F2O5. The van der Waals surface area contributed by atoms with Gasteiger partial charge in [-0.15, -0.1) is 0 Å². The first-order valence-electron chi connectivity index (χ1n) is 8.19. The van der Waals surface area contributed by atoms with Crippen LogP contribution in [-0.2, 0) is 19.1 Å². The van der Waals surface area contributed by atoms with Gasteiger partial charge in [0, 0.05) is 0 Å². The highest BCUT2D eigenvalue weighted by atomic mass is 19.3. The number of carboxylic acid groups (broad SMARTS) is 1. The molecule has 0 radical (unpaired) electrons. The molecule has 0 heterocycles. The number of hydrogen-bond acceptors (Lipinski definition) is 4. The Balaban J connectivity index is 1.84. The number of rotatable bonds is 6. The van der Waals surface area contributed by atoms with E-state index < -0.39 is 23.1 Å². The number of alkyl halides is 2. The van der Waals surface area contributed by atoms with E-state index in [1.807, 2.05) is 6.92 Å². The lowest BCUT2D eigenvalue weighted by Gasteiger charge is -2.60. The summed E-state index contributed by atoms with van der Waals surface area (Å²) in [5, 5.41) is 8.67. The van der Waals surface area contributed by atoms with Crippen molar-refractivity contribution in [2.75, 3.05) is 6.61 Å². The molecule has 2 unspecified atom stereocenters. The molecule has 2 atom stereocenters. The maximum absolute atomic E-state index is 13.6. The van der Waals surface area contributed by atoms with Crippen LogP contribution in [0.25, 0.3) is 0 Å². The van der Waals surface area contributed by atoms with Gasteiger partial charge in [-0.2, -0.15) is 8.78 Å². The summed E-state index contributed by atoms with van der Waals surface area (Å²) < 4.78 is 37.4.